The van der Waals surface area contributed by atoms with Crippen LogP contribution in [0, 0.1) is 5.92 Å². The van der Waals surface area contributed by atoms with Gasteiger partial charge in [0.2, 0.25) is 0 Å². The lowest BCUT2D eigenvalue weighted by Crippen LogP contribution is -2.38. The van der Waals surface area contributed by atoms with Gasteiger partial charge in [0.15, 0.2) is 5.11 Å². The van der Waals surface area contributed by atoms with Crippen LogP contribution < -0.4 is 10.6 Å². The van der Waals surface area contributed by atoms with E-state index in [4.69, 9.17) is 17.0 Å². The molecule has 1 rings (SSSR count). The Bertz CT molecular complexity index is 175. The van der Waals surface area contributed by atoms with Gasteiger partial charge in [-0.15, -0.1) is 0 Å². The van der Waals surface area contributed by atoms with Crippen molar-refractivity contribution in [2.24, 2.45) is 5.92 Å². The summed E-state index contributed by atoms with van der Waals surface area (Å²) in [7, 11) is 3.62. The second-order valence-electron chi connectivity index (χ2n) is 3.43. The smallest absolute Gasteiger partial charge is 0.166 e. The van der Waals surface area contributed by atoms with Crippen LogP contribution in [0.15, 0.2) is 0 Å². The Morgan fingerprint density at radius 1 is 1.54 bits per heavy atom. The maximum Gasteiger partial charge on any atom is 0.166 e. The number of hydrogen-bond acceptors (Lipinski definition) is 2. The fraction of sp³-hybridized carbons (Fsp3) is 0.889. The van der Waals surface area contributed by atoms with Crippen LogP contribution in [0.5, 0.6) is 0 Å². The van der Waals surface area contributed by atoms with Crippen LogP contribution in [0.1, 0.15) is 19.3 Å². The maximum atomic E-state index is 5.39. The number of thiocarbonyl (C=S) groups is 1. The largest absolute Gasteiger partial charge is 0.381 e. The molecule has 0 saturated heterocycles. The molecule has 1 aliphatic carbocycles. The minimum absolute atomic E-state index is 0.423. The summed E-state index contributed by atoms with van der Waals surface area (Å²) in [5, 5.41) is 6.80. The van der Waals surface area contributed by atoms with Crippen molar-refractivity contribution in [3.8, 4) is 0 Å². The Kier molecular flexibility index (Phi) is 4.45. The first-order valence-electron chi connectivity index (χ1n) is 4.76. The monoisotopic (exact) mass is 202 g/mol. The molecule has 76 valence electrons. The minimum Gasteiger partial charge on any atom is -0.381 e. The molecule has 0 aromatic carbocycles. The highest BCUT2D eigenvalue weighted by Crippen LogP contribution is 2.26. The minimum atomic E-state index is 0.423. The van der Waals surface area contributed by atoms with Gasteiger partial charge in [0, 0.05) is 26.6 Å². The molecule has 1 fully saturated rings. The summed E-state index contributed by atoms with van der Waals surface area (Å²) in [6, 6.07) is 0. The summed E-state index contributed by atoms with van der Waals surface area (Å²) >= 11 is 5.00. The summed E-state index contributed by atoms with van der Waals surface area (Å²) in [4.78, 5) is 0. The van der Waals surface area contributed by atoms with Gasteiger partial charge in [-0.05, 0) is 25.1 Å². The van der Waals surface area contributed by atoms with Crippen LogP contribution >= 0.6 is 12.2 Å². The van der Waals surface area contributed by atoms with Gasteiger partial charge in [0.1, 0.15) is 0 Å². The molecule has 0 aliphatic heterocycles. The first kappa shape index (κ1) is 10.7. The van der Waals surface area contributed by atoms with Gasteiger partial charge in [0.05, 0.1) is 6.10 Å². The average Bonchev–Trinajstić information content (AvgIpc) is 2.61. The zero-order valence-corrected chi connectivity index (χ0v) is 9.12. The number of methoxy groups -OCH3 is 1. The standard InChI is InChI=1S/C9H18N2OS/c1-10-9(13)11-6-7-4-3-5-8(7)12-2/h7-8H,3-6H2,1-2H3,(H2,10,11,13). The third-order valence-electron chi connectivity index (χ3n) is 2.64. The van der Waals surface area contributed by atoms with E-state index in [1.807, 2.05) is 7.05 Å². The van der Waals surface area contributed by atoms with Crippen molar-refractivity contribution < 1.29 is 4.74 Å². The first-order valence-corrected chi connectivity index (χ1v) is 5.17. The molecule has 13 heavy (non-hydrogen) atoms. The Morgan fingerprint density at radius 3 is 2.92 bits per heavy atom. The molecule has 1 saturated carbocycles. The summed E-state index contributed by atoms with van der Waals surface area (Å²) in [5.41, 5.74) is 0. The van der Waals surface area contributed by atoms with Crippen LogP contribution in [-0.2, 0) is 4.74 Å². The molecule has 0 bridgehead atoms. The normalized spacial score (nSPS) is 27.2. The molecular weight excluding hydrogens is 184 g/mol. The van der Waals surface area contributed by atoms with Crippen molar-refractivity contribution in [2.75, 3.05) is 20.7 Å². The molecule has 2 unspecified atom stereocenters. The summed E-state index contributed by atoms with van der Waals surface area (Å²) < 4.78 is 5.39. The van der Waals surface area contributed by atoms with Crippen LogP contribution in [0.4, 0.5) is 0 Å². The van der Waals surface area contributed by atoms with Crippen molar-refractivity contribution >= 4 is 17.3 Å². The van der Waals surface area contributed by atoms with Gasteiger partial charge in [-0.25, -0.2) is 0 Å². The fourth-order valence-corrected chi connectivity index (χ4v) is 1.94. The molecular formula is C9H18N2OS. The van der Waals surface area contributed by atoms with Gasteiger partial charge in [-0.2, -0.15) is 0 Å². The molecule has 0 heterocycles. The zero-order chi connectivity index (χ0) is 9.68. The second-order valence-corrected chi connectivity index (χ2v) is 3.83. The number of rotatable bonds is 3. The number of ether oxygens (including phenoxy) is 1. The van der Waals surface area contributed by atoms with E-state index in [0.717, 1.165) is 11.7 Å². The number of nitrogens with one attached hydrogen (secondary N) is 2. The van der Waals surface area contributed by atoms with Crippen LogP contribution in [0.3, 0.4) is 0 Å². The predicted molar refractivity (Wildman–Crippen MR) is 57.8 cm³/mol. The second kappa shape index (κ2) is 5.40. The van der Waals surface area contributed by atoms with Crippen LogP contribution in [0.2, 0.25) is 0 Å². The van der Waals surface area contributed by atoms with Gasteiger partial charge >= 0.3 is 0 Å². The molecule has 0 aromatic rings. The van der Waals surface area contributed by atoms with Crippen molar-refractivity contribution in [3.05, 3.63) is 0 Å². The summed E-state index contributed by atoms with van der Waals surface area (Å²) in [6.07, 6.45) is 4.14. The highest BCUT2D eigenvalue weighted by molar-refractivity contribution is 7.80. The van der Waals surface area contributed by atoms with Gasteiger partial charge in [-0.1, -0.05) is 6.42 Å². The third-order valence-corrected chi connectivity index (χ3v) is 2.99. The van der Waals surface area contributed by atoms with E-state index < -0.39 is 0 Å². The molecule has 2 atom stereocenters. The van der Waals surface area contributed by atoms with Gasteiger partial charge < -0.3 is 15.4 Å². The quantitative estimate of drug-likeness (QED) is 0.666. The van der Waals surface area contributed by atoms with E-state index in [2.05, 4.69) is 10.6 Å². The van der Waals surface area contributed by atoms with Crippen molar-refractivity contribution in [3.63, 3.8) is 0 Å². The highest BCUT2D eigenvalue weighted by atomic mass is 32.1. The first-order chi connectivity index (χ1) is 6.27. The number of hydrogen-bond donors (Lipinski definition) is 2. The molecule has 0 amide bonds. The van der Waals surface area contributed by atoms with Crippen LogP contribution in [0.25, 0.3) is 0 Å². The molecule has 4 heteroatoms. The molecule has 0 aromatic heterocycles. The Morgan fingerprint density at radius 2 is 2.31 bits per heavy atom. The molecule has 1 aliphatic rings. The van der Waals surface area contributed by atoms with E-state index >= 15 is 0 Å². The van der Waals surface area contributed by atoms with Gasteiger partial charge in [0.25, 0.3) is 0 Å². The average molecular weight is 202 g/mol. The summed E-state index contributed by atoms with van der Waals surface area (Å²) in [6.45, 7) is 0.929. The fourth-order valence-electron chi connectivity index (χ4n) is 1.86. The molecule has 3 nitrogen and oxygen atoms in total. The zero-order valence-electron chi connectivity index (χ0n) is 8.30. The molecule has 0 radical (unpaired) electrons. The SMILES string of the molecule is CNC(=S)NCC1CCCC1OC. The van der Waals surface area contributed by atoms with E-state index in [-0.39, 0.29) is 0 Å². The highest BCUT2D eigenvalue weighted by Gasteiger charge is 2.26. The van der Waals surface area contributed by atoms with E-state index in [9.17, 15) is 0 Å². The lowest BCUT2D eigenvalue weighted by atomic mass is 10.1. The maximum absolute atomic E-state index is 5.39. The lowest BCUT2D eigenvalue weighted by molar-refractivity contribution is 0.0726. The Hall–Kier alpha value is -0.350. The van der Waals surface area contributed by atoms with E-state index in [1.165, 1.54) is 19.3 Å². The Labute approximate surface area is 85.2 Å². The third kappa shape index (κ3) is 3.12. The van der Waals surface area contributed by atoms with Gasteiger partial charge in [-0.3, -0.25) is 0 Å². The van der Waals surface area contributed by atoms with Crippen molar-refractivity contribution in [1.82, 2.24) is 10.6 Å². The van der Waals surface area contributed by atoms with E-state index in [1.54, 1.807) is 7.11 Å². The predicted octanol–water partition coefficient (Wildman–Crippen LogP) is 0.895. The van der Waals surface area contributed by atoms with Crippen molar-refractivity contribution in [2.45, 2.75) is 25.4 Å². The summed E-state index contributed by atoms with van der Waals surface area (Å²) in [5.74, 6) is 0.622. The lowest BCUT2D eigenvalue weighted by Gasteiger charge is -2.19. The van der Waals surface area contributed by atoms with Crippen molar-refractivity contribution in [1.29, 1.82) is 0 Å². The Balaban J connectivity index is 2.23. The van der Waals surface area contributed by atoms with E-state index in [0.29, 0.717) is 12.0 Å². The molecule has 2 N–H and O–H groups in total. The molecule has 0 spiro atoms. The topological polar surface area (TPSA) is 33.3 Å². The van der Waals surface area contributed by atoms with Crippen LogP contribution in [-0.4, -0.2) is 31.9 Å².